The molecule has 0 radical (unpaired) electrons. The number of ketones is 1. The smallest absolute Gasteiger partial charge is 0.169 e. The molecule has 2 atom stereocenters. The number of benzene rings is 1. The van der Waals surface area contributed by atoms with Crippen molar-refractivity contribution < 1.29 is 9.53 Å². The molecule has 0 fully saturated rings. The number of carbonyl (C=O) groups is 1. The lowest BCUT2D eigenvalue weighted by molar-refractivity contribution is 0.0919. The molecule has 106 valence electrons. The number of rotatable bonds is 7. The van der Waals surface area contributed by atoms with Crippen molar-refractivity contribution in [1.29, 1.82) is 0 Å². The monoisotopic (exact) mass is 283 g/mol. The number of hydrogen-bond acceptors (Lipinski definition) is 3. The first kappa shape index (κ1) is 16.0. The second-order valence-electron chi connectivity index (χ2n) is 5.02. The highest BCUT2D eigenvalue weighted by atomic mass is 35.5. The lowest BCUT2D eigenvalue weighted by atomic mass is 9.93. The molecule has 1 rings (SSSR count). The highest BCUT2D eigenvalue weighted by Gasteiger charge is 2.19. The topological polar surface area (TPSA) is 52.3 Å². The van der Waals surface area contributed by atoms with Crippen molar-refractivity contribution in [2.24, 2.45) is 11.7 Å². The van der Waals surface area contributed by atoms with E-state index in [1.54, 1.807) is 25.3 Å². The van der Waals surface area contributed by atoms with E-state index in [-0.39, 0.29) is 17.7 Å². The van der Waals surface area contributed by atoms with Gasteiger partial charge in [0, 0.05) is 17.0 Å². The molecule has 2 unspecified atom stereocenters. The Morgan fingerprint density at radius 3 is 2.63 bits per heavy atom. The van der Waals surface area contributed by atoms with Crippen molar-refractivity contribution in [2.45, 2.75) is 39.2 Å². The van der Waals surface area contributed by atoms with Crippen molar-refractivity contribution in [1.82, 2.24) is 0 Å². The van der Waals surface area contributed by atoms with Crippen LogP contribution < -0.4 is 10.5 Å². The van der Waals surface area contributed by atoms with Crippen molar-refractivity contribution in [2.75, 3.05) is 7.11 Å². The summed E-state index contributed by atoms with van der Waals surface area (Å²) in [5.74, 6) is 0.601. The van der Waals surface area contributed by atoms with E-state index in [1.807, 2.05) is 13.8 Å². The van der Waals surface area contributed by atoms with Gasteiger partial charge in [0.2, 0.25) is 0 Å². The van der Waals surface area contributed by atoms with Gasteiger partial charge in [-0.2, -0.15) is 0 Å². The molecule has 0 spiro atoms. The van der Waals surface area contributed by atoms with E-state index in [2.05, 4.69) is 0 Å². The van der Waals surface area contributed by atoms with Crippen LogP contribution in [0, 0.1) is 5.92 Å². The zero-order valence-corrected chi connectivity index (χ0v) is 12.5. The third-order valence-electron chi connectivity index (χ3n) is 3.17. The number of methoxy groups -OCH3 is 1. The van der Waals surface area contributed by atoms with Crippen molar-refractivity contribution in [3.8, 4) is 5.75 Å². The highest BCUT2D eigenvalue weighted by Crippen LogP contribution is 2.26. The summed E-state index contributed by atoms with van der Waals surface area (Å²) < 4.78 is 5.21. The summed E-state index contributed by atoms with van der Waals surface area (Å²) in [5.41, 5.74) is 6.27. The predicted molar refractivity (Wildman–Crippen MR) is 79.0 cm³/mol. The van der Waals surface area contributed by atoms with Crippen LogP contribution in [0.1, 0.15) is 43.5 Å². The lowest BCUT2D eigenvalue weighted by Gasteiger charge is -2.14. The molecular formula is C15H22ClNO2. The summed E-state index contributed by atoms with van der Waals surface area (Å²) in [6.07, 6.45) is 2.72. The largest absolute Gasteiger partial charge is 0.496 e. The van der Waals surface area contributed by atoms with Crippen LogP contribution in [0.2, 0.25) is 5.02 Å². The van der Waals surface area contributed by atoms with E-state index in [4.69, 9.17) is 22.1 Å². The Bertz CT molecular complexity index is 432. The van der Waals surface area contributed by atoms with Gasteiger partial charge in [-0.3, -0.25) is 4.79 Å². The molecule has 0 saturated heterocycles. The van der Waals surface area contributed by atoms with E-state index >= 15 is 0 Å². The lowest BCUT2D eigenvalue weighted by Crippen LogP contribution is -2.17. The van der Waals surface area contributed by atoms with Crippen LogP contribution in [0.3, 0.4) is 0 Å². The highest BCUT2D eigenvalue weighted by molar-refractivity contribution is 6.31. The number of ether oxygens (including phenoxy) is 1. The first-order chi connectivity index (χ1) is 8.95. The van der Waals surface area contributed by atoms with Crippen LogP contribution in [0.4, 0.5) is 0 Å². The molecule has 2 N–H and O–H groups in total. The molecule has 0 aliphatic rings. The quantitative estimate of drug-likeness (QED) is 0.777. The zero-order valence-electron chi connectivity index (χ0n) is 11.8. The van der Waals surface area contributed by atoms with E-state index < -0.39 is 0 Å². The van der Waals surface area contributed by atoms with Crippen LogP contribution in [-0.4, -0.2) is 18.9 Å². The second-order valence-corrected chi connectivity index (χ2v) is 5.45. The summed E-state index contributed by atoms with van der Waals surface area (Å²) >= 11 is 5.94. The number of carbonyl (C=O) groups excluding carboxylic acids is 1. The average molecular weight is 284 g/mol. The van der Waals surface area contributed by atoms with Gasteiger partial charge >= 0.3 is 0 Å². The molecule has 0 aliphatic carbocycles. The predicted octanol–water partition coefficient (Wildman–Crippen LogP) is 3.68. The fraction of sp³-hybridized carbons (Fsp3) is 0.533. The molecule has 0 heterocycles. The zero-order chi connectivity index (χ0) is 14.4. The van der Waals surface area contributed by atoms with Crippen LogP contribution in [-0.2, 0) is 0 Å². The number of hydrogen-bond donors (Lipinski definition) is 1. The Morgan fingerprint density at radius 2 is 2.05 bits per heavy atom. The van der Waals surface area contributed by atoms with Crippen LogP contribution in [0.5, 0.6) is 5.75 Å². The summed E-state index contributed by atoms with van der Waals surface area (Å²) in [4.78, 5) is 12.4. The number of nitrogens with two attached hydrogens (primary N) is 1. The Labute approximate surface area is 120 Å². The summed E-state index contributed by atoms with van der Waals surface area (Å²) in [5, 5.41) is 0.548. The third kappa shape index (κ3) is 4.84. The average Bonchev–Trinajstić information content (AvgIpc) is 2.37. The fourth-order valence-corrected chi connectivity index (χ4v) is 2.19. The molecule has 0 amide bonds. The molecule has 0 saturated carbocycles. The first-order valence-corrected chi connectivity index (χ1v) is 6.96. The van der Waals surface area contributed by atoms with Crippen LogP contribution in [0.25, 0.3) is 0 Å². The molecule has 19 heavy (non-hydrogen) atoms. The van der Waals surface area contributed by atoms with Crippen molar-refractivity contribution in [3.05, 3.63) is 28.8 Å². The van der Waals surface area contributed by atoms with Crippen molar-refractivity contribution in [3.63, 3.8) is 0 Å². The minimum Gasteiger partial charge on any atom is -0.496 e. The van der Waals surface area contributed by atoms with Gasteiger partial charge in [0.05, 0.1) is 12.7 Å². The Kier molecular flexibility index (Phi) is 6.32. The maximum absolute atomic E-state index is 12.4. The molecule has 0 bridgehead atoms. The Morgan fingerprint density at radius 1 is 1.37 bits per heavy atom. The van der Waals surface area contributed by atoms with E-state index in [9.17, 15) is 4.79 Å². The van der Waals surface area contributed by atoms with Gasteiger partial charge in [-0.25, -0.2) is 0 Å². The third-order valence-corrected chi connectivity index (χ3v) is 3.41. The van der Waals surface area contributed by atoms with E-state index in [0.29, 0.717) is 16.3 Å². The van der Waals surface area contributed by atoms with Gasteiger partial charge < -0.3 is 10.5 Å². The van der Waals surface area contributed by atoms with Gasteiger partial charge in [-0.1, -0.05) is 24.9 Å². The minimum absolute atomic E-state index is 0.0499. The first-order valence-electron chi connectivity index (χ1n) is 6.59. The van der Waals surface area contributed by atoms with Crippen LogP contribution in [0.15, 0.2) is 18.2 Å². The summed E-state index contributed by atoms with van der Waals surface area (Å²) in [6.45, 7) is 3.91. The Hall–Kier alpha value is -1.06. The van der Waals surface area contributed by atoms with E-state index in [1.165, 1.54) is 0 Å². The number of halogens is 1. The molecule has 1 aromatic rings. The van der Waals surface area contributed by atoms with Gasteiger partial charge in [0.1, 0.15) is 5.75 Å². The normalized spacial score (nSPS) is 13.9. The molecule has 4 heteroatoms. The molecule has 3 nitrogen and oxygen atoms in total. The van der Waals surface area contributed by atoms with Gasteiger partial charge in [-0.15, -0.1) is 0 Å². The van der Waals surface area contributed by atoms with Gasteiger partial charge in [0.25, 0.3) is 0 Å². The van der Waals surface area contributed by atoms with Gasteiger partial charge in [-0.05, 0) is 38.0 Å². The fourth-order valence-electron chi connectivity index (χ4n) is 2.02. The molecular weight excluding hydrogens is 262 g/mol. The summed E-state index contributed by atoms with van der Waals surface area (Å²) in [6, 6.07) is 5.30. The van der Waals surface area contributed by atoms with Gasteiger partial charge in [0.15, 0.2) is 5.78 Å². The standard InChI is InChI=1S/C15H22ClNO2/c1-10(5-4-6-11(2)17)15(18)13-9-12(16)7-8-14(13)19-3/h7-11H,4-6,17H2,1-3H3. The minimum atomic E-state index is -0.0499. The van der Waals surface area contributed by atoms with E-state index in [0.717, 1.165) is 19.3 Å². The molecule has 1 aromatic carbocycles. The summed E-state index contributed by atoms with van der Waals surface area (Å²) in [7, 11) is 1.56. The molecule has 0 aliphatic heterocycles. The Balaban J connectivity index is 2.73. The molecule has 0 aromatic heterocycles. The maximum atomic E-state index is 12.4. The van der Waals surface area contributed by atoms with Crippen LogP contribution >= 0.6 is 11.6 Å². The SMILES string of the molecule is COc1ccc(Cl)cc1C(=O)C(C)CCCC(C)N. The van der Waals surface area contributed by atoms with Crippen molar-refractivity contribution >= 4 is 17.4 Å². The maximum Gasteiger partial charge on any atom is 0.169 e. The second kappa shape index (κ2) is 7.51. The number of Topliss-reactive ketones (excluding diaryl/α,β-unsaturated/α-hetero) is 1.